The Bertz CT molecular complexity index is 2970. The third-order valence-electron chi connectivity index (χ3n) is 9.25. The molecule has 0 fully saturated rings. The zero-order valence-corrected chi connectivity index (χ0v) is 46.1. The van der Waals surface area contributed by atoms with Crippen LogP contribution in [0.25, 0.3) is 31.5 Å². The lowest BCUT2D eigenvalue weighted by molar-refractivity contribution is 0.489. The van der Waals surface area contributed by atoms with E-state index in [9.17, 15) is 0 Å². The van der Waals surface area contributed by atoms with Crippen LogP contribution in [0.5, 0.6) is 0 Å². The number of aromatic nitrogens is 12. The minimum absolute atomic E-state index is 0.623. The van der Waals surface area contributed by atoms with E-state index in [1.165, 1.54) is 31.7 Å². The number of thiazole rings is 2. The molecule has 8 aromatic heterocycles. The third-order valence-corrected chi connectivity index (χ3v) is 12.1. The lowest BCUT2D eigenvalue weighted by Crippen LogP contribution is -1.86. The quantitative estimate of drug-likeness (QED) is 0.140. The summed E-state index contributed by atoms with van der Waals surface area (Å²) in [4.78, 5) is 25.0. The average molecular weight is 1010 g/mol. The van der Waals surface area contributed by atoms with E-state index in [1.807, 2.05) is 138 Å². The van der Waals surface area contributed by atoms with Crippen molar-refractivity contribution in [3.8, 4) is 0 Å². The summed E-state index contributed by atoms with van der Waals surface area (Å²) in [6.45, 7) is 31.4. The van der Waals surface area contributed by atoms with Crippen molar-refractivity contribution in [1.29, 1.82) is 0 Å². The van der Waals surface area contributed by atoms with Crippen LogP contribution in [0.4, 0.5) is 0 Å². The zero-order chi connectivity index (χ0) is 52.0. The summed E-state index contributed by atoms with van der Waals surface area (Å²) in [6, 6.07) is 26.5. The van der Waals surface area contributed by atoms with Crippen molar-refractivity contribution in [3.63, 3.8) is 0 Å². The van der Waals surface area contributed by atoms with Gasteiger partial charge in [-0.15, -0.1) is 54.4 Å². The molecule has 0 N–H and O–H groups in total. The van der Waals surface area contributed by atoms with Gasteiger partial charge >= 0.3 is 0 Å². The van der Waals surface area contributed by atoms with Crippen LogP contribution in [0.15, 0.2) is 106 Å². The Kier molecular flexibility index (Phi) is 22.7. The second-order valence-electron chi connectivity index (χ2n) is 16.3. The largest absolute Gasteiger partial charge is 0.441 e. The van der Waals surface area contributed by atoms with Gasteiger partial charge in [0, 0.05) is 45.1 Å². The van der Waals surface area contributed by atoms with Gasteiger partial charge in [-0.2, -0.15) is 10.2 Å². The second-order valence-corrected chi connectivity index (χ2v) is 20.1. The van der Waals surface area contributed by atoms with E-state index in [0.29, 0.717) is 11.8 Å². The number of hydrogen-bond acceptors (Lipinski definition) is 17. The summed E-state index contributed by atoms with van der Waals surface area (Å²) in [6.07, 6.45) is 5.49. The Morgan fingerprint density at radius 1 is 0.380 bits per heavy atom. The molecule has 0 unspecified atom stereocenters. The van der Waals surface area contributed by atoms with Crippen molar-refractivity contribution in [2.45, 2.75) is 111 Å². The summed E-state index contributed by atoms with van der Waals surface area (Å²) >= 11 is 5.14. The SMILES string of the molecule is Cc1ccc(C)nc1.Cc1ccc(C)nn1.Cc1ccc2oc(C)nc2c1.Cc1cnc(C)nc1.Cc1nc2c(C)cccc2s1.Cc1nc2cccc(C)c2s1.Cc1nnc(C)o1.Cc1nnc(C)s1. The topological polar surface area (TPSA) is 181 Å². The second kappa shape index (κ2) is 28.6. The number of benzene rings is 3. The van der Waals surface area contributed by atoms with Gasteiger partial charge in [-0.1, -0.05) is 36.4 Å². The van der Waals surface area contributed by atoms with Crippen LogP contribution in [0.3, 0.4) is 0 Å². The van der Waals surface area contributed by atoms with E-state index >= 15 is 0 Å². The first-order valence-electron chi connectivity index (χ1n) is 22.7. The molecule has 3 aromatic carbocycles. The number of rotatable bonds is 0. The number of fused-ring (bicyclic) bond motifs is 3. The van der Waals surface area contributed by atoms with Crippen LogP contribution in [0.2, 0.25) is 0 Å². The summed E-state index contributed by atoms with van der Waals surface area (Å²) in [5.74, 6) is 2.80. The maximum Gasteiger partial charge on any atom is 0.213 e. The minimum Gasteiger partial charge on any atom is -0.441 e. The highest BCUT2D eigenvalue weighted by atomic mass is 32.1. The average Bonchev–Trinajstić information content (AvgIpc) is 4.18. The van der Waals surface area contributed by atoms with Crippen molar-refractivity contribution in [2.24, 2.45) is 0 Å². The standard InChI is InChI=1S/C9H9NO.2C9H9NS.C7H9N.2C6H8N2.C4H6N2O.C4H6N2S/c1-6-3-4-9-8(5-6)10-7(2)11-9;1-6-4-3-5-8-9(6)10-7(2)11-8;1-6-4-3-5-8-9(6)11-7(2)10-8;1-6-3-4-7(2)8-5-6;1-5-3-7-6(2)8-4-5;1-5-3-4-6(2)8-7-5;2*1-3-5-6-4(2)7-3/h3*3-5H,1-2H3;3-5H,1-2H3;2*3-4H,1-2H3;2*1-2H3. The van der Waals surface area contributed by atoms with Gasteiger partial charge in [-0.3, -0.25) is 4.98 Å². The predicted molar refractivity (Wildman–Crippen MR) is 292 cm³/mol. The van der Waals surface area contributed by atoms with Gasteiger partial charge in [0.05, 0.1) is 41.8 Å². The molecule has 0 aliphatic rings. The minimum atomic E-state index is 0.623. The van der Waals surface area contributed by atoms with E-state index in [4.69, 9.17) is 8.83 Å². The van der Waals surface area contributed by atoms with E-state index in [1.54, 1.807) is 47.9 Å². The molecule has 0 aliphatic heterocycles. The Morgan fingerprint density at radius 3 is 1.44 bits per heavy atom. The fourth-order valence-corrected chi connectivity index (χ4v) is 8.19. The predicted octanol–water partition coefficient (Wildman–Crippen LogP) is 14.0. The molecule has 17 heteroatoms. The molecule has 0 amide bonds. The highest BCUT2D eigenvalue weighted by molar-refractivity contribution is 7.19. The van der Waals surface area contributed by atoms with Crippen LogP contribution < -0.4 is 0 Å². The van der Waals surface area contributed by atoms with Crippen LogP contribution in [-0.2, 0) is 0 Å². The Morgan fingerprint density at radius 2 is 0.944 bits per heavy atom. The first-order chi connectivity index (χ1) is 33.7. The first kappa shape index (κ1) is 56.5. The molecule has 0 bridgehead atoms. The maximum atomic E-state index is 5.31. The maximum absolute atomic E-state index is 5.31. The fourth-order valence-electron chi connectivity index (χ4n) is 5.80. The molecule has 71 heavy (non-hydrogen) atoms. The molecule has 11 rings (SSSR count). The lowest BCUT2D eigenvalue weighted by Gasteiger charge is -1.90. The van der Waals surface area contributed by atoms with Gasteiger partial charge in [-0.05, 0) is 160 Å². The van der Waals surface area contributed by atoms with E-state index in [0.717, 1.165) is 76.5 Å². The molecule has 0 radical (unpaired) electrons. The van der Waals surface area contributed by atoms with Gasteiger partial charge < -0.3 is 8.83 Å². The molecule has 0 spiro atoms. The number of oxazole rings is 1. The van der Waals surface area contributed by atoms with E-state index in [2.05, 4.69) is 117 Å². The highest BCUT2D eigenvalue weighted by Crippen LogP contribution is 2.25. The summed E-state index contributed by atoms with van der Waals surface area (Å²) in [5, 5.41) is 26.8. The molecule has 370 valence electrons. The number of aryl methyl sites for hydroxylation is 16. The Hall–Kier alpha value is -7.08. The van der Waals surface area contributed by atoms with Gasteiger partial charge in [0.2, 0.25) is 11.8 Å². The molecule has 0 saturated heterocycles. The molecule has 14 nitrogen and oxygen atoms in total. The van der Waals surface area contributed by atoms with Gasteiger partial charge in [0.15, 0.2) is 11.5 Å². The van der Waals surface area contributed by atoms with Crippen LogP contribution in [-0.4, -0.2) is 60.5 Å². The molecule has 0 saturated carbocycles. The number of pyridine rings is 1. The first-order valence-corrected chi connectivity index (χ1v) is 25.1. The summed E-state index contributed by atoms with van der Waals surface area (Å²) in [7, 11) is 0. The van der Waals surface area contributed by atoms with Crippen LogP contribution >= 0.6 is 34.0 Å². The monoisotopic (exact) mass is 1010 g/mol. The molecule has 11 aromatic rings. The molecule has 8 heterocycles. The smallest absolute Gasteiger partial charge is 0.213 e. The van der Waals surface area contributed by atoms with Crippen molar-refractivity contribution >= 4 is 65.5 Å². The molecular formula is C54H64N12O2S3. The molecular weight excluding hydrogens is 945 g/mol. The van der Waals surface area contributed by atoms with Crippen molar-refractivity contribution < 1.29 is 8.83 Å². The van der Waals surface area contributed by atoms with Crippen molar-refractivity contribution in [2.75, 3.05) is 0 Å². The number of nitrogens with zero attached hydrogens (tertiary/aromatic N) is 12. The Balaban J connectivity index is 0.000000178. The Labute approximate surface area is 429 Å². The van der Waals surface area contributed by atoms with Crippen molar-refractivity contribution in [3.05, 3.63) is 186 Å². The van der Waals surface area contributed by atoms with E-state index in [-0.39, 0.29) is 0 Å². The number of hydrogen-bond donors (Lipinski definition) is 0. The lowest BCUT2D eigenvalue weighted by atomic mass is 10.2. The third kappa shape index (κ3) is 20.8. The molecule has 0 atom stereocenters. The zero-order valence-electron chi connectivity index (χ0n) is 43.6. The fraction of sp³-hybridized carbons (Fsp3) is 0.296. The van der Waals surface area contributed by atoms with Crippen molar-refractivity contribution in [1.82, 2.24) is 60.5 Å². The summed E-state index contributed by atoms with van der Waals surface area (Å²) < 4.78 is 12.8. The normalized spacial score (nSPS) is 9.97. The summed E-state index contributed by atoms with van der Waals surface area (Å²) in [5.41, 5.74) is 13.3. The number of para-hydroxylation sites is 1. The van der Waals surface area contributed by atoms with Gasteiger partial charge in [0.25, 0.3) is 0 Å². The molecule has 0 aliphatic carbocycles. The van der Waals surface area contributed by atoms with Gasteiger partial charge in [-0.25, -0.2) is 24.9 Å². The highest BCUT2D eigenvalue weighted by Gasteiger charge is 2.02. The van der Waals surface area contributed by atoms with Gasteiger partial charge in [0.1, 0.15) is 21.4 Å². The van der Waals surface area contributed by atoms with Crippen LogP contribution in [0, 0.1) is 111 Å². The van der Waals surface area contributed by atoms with E-state index < -0.39 is 0 Å². The van der Waals surface area contributed by atoms with Crippen LogP contribution in [0.1, 0.15) is 88.4 Å².